The fourth-order valence-corrected chi connectivity index (χ4v) is 3.45. The molecule has 0 aliphatic carbocycles. The molecule has 1 saturated heterocycles. The lowest BCUT2D eigenvalue weighted by Gasteiger charge is -2.15. The Morgan fingerprint density at radius 2 is 1.89 bits per heavy atom. The van der Waals surface area contributed by atoms with Gasteiger partial charge in [0.25, 0.3) is 0 Å². The quantitative estimate of drug-likeness (QED) is 0.683. The van der Waals surface area contributed by atoms with E-state index in [0.29, 0.717) is 13.2 Å². The number of carbonyl (C=O) groups excluding carboxylic acids is 1. The van der Waals surface area contributed by atoms with Gasteiger partial charge in [-0.25, -0.2) is 0 Å². The Kier molecular flexibility index (Phi) is 7.28. The summed E-state index contributed by atoms with van der Waals surface area (Å²) in [5.41, 5.74) is 2.35. The van der Waals surface area contributed by atoms with Crippen LogP contribution in [-0.4, -0.2) is 37.0 Å². The highest BCUT2D eigenvalue weighted by molar-refractivity contribution is 5.83. The monoisotopic (exact) mass is 366 g/mol. The van der Waals surface area contributed by atoms with Gasteiger partial charge in [-0.3, -0.25) is 9.69 Å². The maximum absolute atomic E-state index is 12.2. The van der Waals surface area contributed by atoms with Crippen LogP contribution in [0, 0.1) is 0 Å². The number of benzene rings is 2. The third-order valence-corrected chi connectivity index (χ3v) is 5.09. The number of hydrogen-bond donors (Lipinski definition) is 1. The largest absolute Gasteiger partial charge is 0.494 e. The van der Waals surface area contributed by atoms with E-state index in [4.69, 9.17) is 4.74 Å². The van der Waals surface area contributed by atoms with Crippen molar-refractivity contribution >= 4 is 5.91 Å². The second-order valence-corrected chi connectivity index (χ2v) is 7.26. The van der Waals surface area contributed by atoms with Gasteiger partial charge in [0.2, 0.25) is 5.91 Å². The third kappa shape index (κ3) is 6.10. The van der Waals surface area contributed by atoms with Gasteiger partial charge >= 0.3 is 0 Å². The van der Waals surface area contributed by atoms with E-state index in [9.17, 15) is 4.79 Å². The van der Waals surface area contributed by atoms with Gasteiger partial charge in [0.05, 0.1) is 12.5 Å². The summed E-state index contributed by atoms with van der Waals surface area (Å²) in [5.74, 6) is 0.846. The Morgan fingerprint density at radius 3 is 2.67 bits per heavy atom. The Morgan fingerprint density at radius 1 is 1.11 bits per heavy atom. The van der Waals surface area contributed by atoms with Crippen LogP contribution in [0.15, 0.2) is 54.6 Å². The van der Waals surface area contributed by atoms with Gasteiger partial charge in [0, 0.05) is 13.1 Å². The normalized spacial score (nSPS) is 15.4. The molecule has 27 heavy (non-hydrogen) atoms. The van der Waals surface area contributed by atoms with Crippen LogP contribution in [-0.2, 0) is 11.3 Å². The van der Waals surface area contributed by atoms with E-state index in [-0.39, 0.29) is 11.8 Å². The molecule has 1 fully saturated rings. The molecule has 0 spiro atoms. The first-order valence-electron chi connectivity index (χ1n) is 9.99. The van der Waals surface area contributed by atoms with Gasteiger partial charge in [0.15, 0.2) is 0 Å². The number of amides is 1. The molecule has 1 amide bonds. The minimum absolute atomic E-state index is 0.0637. The molecule has 1 N–H and O–H groups in total. The summed E-state index contributed by atoms with van der Waals surface area (Å²) in [5, 5.41) is 3.00. The first-order chi connectivity index (χ1) is 13.2. The molecule has 1 heterocycles. The zero-order valence-electron chi connectivity index (χ0n) is 16.2. The number of hydrogen-bond acceptors (Lipinski definition) is 3. The van der Waals surface area contributed by atoms with Crippen molar-refractivity contribution in [1.82, 2.24) is 10.2 Å². The Balaban J connectivity index is 1.35. The second-order valence-electron chi connectivity index (χ2n) is 7.26. The van der Waals surface area contributed by atoms with Crippen molar-refractivity contribution in [1.29, 1.82) is 0 Å². The maximum atomic E-state index is 12.2. The molecule has 1 unspecified atom stereocenters. The average Bonchev–Trinajstić information content (AvgIpc) is 3.21. The van der Waals surface area contributed by atoms with Crippen molar-refractivity contribution in [3.05, 3.63) is 65.7 Å². The fourth-order valence-electron chi connectivity index (χ4n) is 3.45. The van der Waals surface area contributed by atoms with Crippen LogP contribution >= 0.6 is 0 Å². The van der Waals surface area contributed by atoms with Crippen LogP contribution in [0.1, 0.15) is 43.2 Å². The van der Waals surface area contributed by atoms with Crippen LogP contribution < -0.4 is 10.1 Å². The summed E-state index contributed by atoms with van der Waals surface area (Å²) in [6.07, 6.45) is 3.42. The summed E-state index contributed by atoms with van der Waals surface area (Å²) in [4.78, 5) is 14.7. The summed E-state index contributed by atoms with van der Waals surface area (Å²) in [6.45, 7) is 6.58. The molecule has 1 aliphatic rings. The van der Waals surface area contributed by atoms with Gasteiger partial charge in [-0.05, 0) is 62.5 Å². The molecule has 3 rings (SSSR count). The number of nitrogens with one attached hydrogen (secondary N) is 1. The molecule has 1 atom stereocenters. The first kappa shape index (κ1) is 19.4. The average molecular weight is 367 g/mol. The molecule has 4 nitrogen and oxygen atoms in total. The molecule has 4 heteroatoms. The molecule has 2 aromatic rings. The van der Waals surface area contributed by atoms with Gasteiger partial charge < -0.3 is 10.1 Å². The van der Waals surface area contributed by atoms with Gasteiger partial charge in [-0.1, -0.05) is 42.5 Å². The summed E-state index contributed by atoms with van der Waals surface area (Å²) >= 11 is 0. The Labute approximate surface area is 162 Å². The molecule has 0 saturated carbocycles. The van der Waals surface area contributed by atoms with Crippen LogP contribution in [0.2, 0.25) is 0 Å². The zero-order chi connectivity index (χ0) is 18.9. The van der Waals surface area contributed by atoms with Crippen molar-refractivity contribution in [2.75, 3.05) is 26.2 Å². The molecular formula is C23H30N2O2. The highest BCUT2D eigenvalue weighted by Gasteiger charge is 2.14. The van der Waals surface area contributed by atoms with E-state index in [2.05, 4.69) is 28.4 Å². The minimum Gasteiger partial charge on any atom is -0.494 e. The van der Waals surface area contributed by atoms with E-state index in [1.165, 1.54) is 31.5 Å². The number of ether oxygens (including phenoxy) is 1. The van der Waals surface area contributed by atoms with Crippen molar-refractivity contribution in [3.63, 3.8) is 0 Å². The van der Waals surface area contributed by atoms with E-state index >= 15 is 0 Å². The molecule has 0 radical (unpaired) electrons. The summed E-state index contributed by atoms with van der Waals surface area (Å²) in [7, 11) is 0. The molecule has 0 bridgehead atoms. The molecule has 0 aromatic heterocycles. The van der Waals surface area contributed by atoms with E-state index < -0.39 is 0 Å². The van der Waals surface area contributed by atoms with Gasteiger partial charge in [-0.2, -0.15) is 0 Å². The van der Waals surface area contributed by atoms with Crippen molar-refractivity contribution in [3.8, 4) is 5.75 Å². The van der Waals surface area contributed by atoms with Gasteiger partial charge in [-0.15, -0.1) is 0 Å². The highest BCUT2D eigenvalue weighted by atomic mass is 16.5. The standard InChI is InChI=1S/C23H30N2O2/c1-19(21-10-3-2-4-11-21)23(26)24-13-8-16-27-22-12-7-9-20(17-22)18-25-14-5-6-15-25/h2-4,7,9-12,17,19H,5-6,8,13-16,18H2,1H3,(H,24,26). The van der Waals surface area contributed by atoms with E-state index in [1.807, 2.05) is 43.3 Å². The lowest BCUT2D eigenvalue weighted by atomic mass is 10.0. The number of nitrogens with zero attached hydrogens (tertiary/aromatic N) is 1. The molecule has 2 aromatic carbocycles. The molecule has 1 aliphatic heterocycles. The van der Waals surface area contributed by atoms with Crippen LogP contribution in [0.5, 0.6) is 5.75 Å². The summed E-state index contributed by atoms with van der Waals surface area (Å²) < 4.78 is 5.87. The lowest BCUT2D eigenvalue weighted by Crippen LogP contribution is -2.29. The Bertz CT molecular complexity index is 711. The Hall–Kier alpha value is -2.33. The lowest BCUT2D eigenvalue weighted by molar-refractivity contribution is -0.122. The summed E-state index contributed by atoms with van der Waals surface area (Å²) in [6, 6.07) is 18.2. The van der Waals surface area contributed by atoms with Crippen molar-refractivity contribution in [2.45, 2.75) is 38.6 Å². The van der Waals surface area contributed by atoms with E-state index in [1.54, 1.807) is 0 Å². The number of carbonyl (C=O) groups is 1. The van der Waals surface area contributed by atoms with Gasteiger partial charge in [0.1, 0.15) is 5.75 Å². The third-order valence-electron chi connectivity index (χ3n) is 5.09. The fraction of sp³-hybridized carbons (Fsp3) is 0.435. The molecular weight excluding hydrogens is 336 g/mol. The van der Waals surface area contributed by atoms with E-state index in [0.717, 1.165) is 24.3 Å². The number of likely N-dealkylation sites (tertiary alicyclic amines) is 1. The van der Waals surface area contributed by atoms with Crippen LogP contribution in [0.25, 0.3) is 0 Å². The smallest absolute Gasteiger partial charge is 0.227 e. The predicted molar refractivity (Wildman–Crippen MR) is 109 cm³/mol. The minimum atomic E-state index is -0.130. The second kappa shape index (κ2) is 10.1. The predicted octanol–water partition coefficient (Wildman–Crippen LogP) is 3.97. The SMILES string of the molecule is CC(C(=O)NCCCOc1cccc(CN2CCCC2)c1)c1ccccc1. The van der Waals surface area contributed by atoms with Crippen molar-refractivity contribution < 1.29 is 9.53 Å². The first-order valence-corrected chi connectivity index (χ1v) is 9.99. The van der Waals surface area contributed by atoms with Crippen LogP contribution in [0.4, 0.5) is 0 Å². The molecule has 144 valence electrons. The topological polar surface area (TPSA) is 41.6 Å². The van der Waals surface area contributed by atoms with Crippen LogP contribution in [0.3, 0.4) is 0 Å². The highest BCUT2D eigenvalue weighted by Crippen LogP contribution is 2.18. The number of rotatable bonds is 9. The maximum Gasteiger partial charge on any atom is 0.227 e. The zero-order valence-corrected chi connectivity index (χ0v) is 16.2. The van der Waals surface area contributed by atoms with Crippen molar-refractivity contribution in [2.24, 2.45) is 0 Å².